The summed E-state index contributed by atoms with van der Waals surface area (Å²) in [6.07, 6.45) is 0. The van der Waals surface area contributed by atoms with Crippen LogP contribution in [0.2, 0.25) is 0 Å². The molecule has 0 bridgehead atoms. The smallest absolute Gasteiger partial charge is 0.338 e. The van der Waals surface area contributed by atoms with Gasteiger partial charge in [0, 0.05) is 12.4 Å². The van der Waals surface area contributed by atoms with Gasteiger partial charge in [0.1, 0.15) is 5.69 Å². The Kier molecular flexibility index (Phi) is 3.23. The zero-order chi connectivity index (χ0) is 13.1. The maximum Gasteiger partial charge on any atom is 0.338 e. The lowest BCUT2D eigenvalue weighted by Gasteiger charge is -2.07. The fourth-order valence-corrected chi connectivity index (χ4v) is 1.70. The first kappa shape index (κ1) is 12.0. The molecule has 0 radical (unpaired) electrons. The number of esters is 1. The number of pyridine rings is 1. The van der Waals surface area contributed by atoms with E-state index in [1.807, 2.05) is 0 Å². The molecular weight excluding hydrogens is 232 g/mol. The Morgan fingerprint density at radius 3 is 2.67 bits per heavy atom. The van der Waals surface area contributed by atoms with Gasteiger partial charge in [0.25, 0.3) is 5.91 Å². The van der Waals surface area contributed by atoms with E-state index < -0.39 is 5.97 Å². The minimum atomic E-state index is -0.487. The summed E-state index contributed by atoms with van der Waals surface area (Å²) in [4.78, 5) is 27.5. The van der Waals surface area contributed by atoms with Gasteiger partial charge in [0.05, 0.1) is 18.2 Å². The van der Waals surface area contributed by atoms with E-state index in [1.54, 1.807) is 24.3 Å². The SMILES string of the molecule is CNC(=O)c1cc(C(=O)OC)c2ccccc2n1. The predicted molar refractivity (Wildman–Crippen MR) is 66.5 cm³/mol. The van der Waals surface area contributed by atoms with Crippen LogP contribution in [0, 0.1) is 0 Å². The van der Waals surface area contributed by atoms with E-state index in [0.717, 1.165) is 0 Å². The molecule has 92 valence electrons. The first-order valence-corrected chi connectivity index (χ1v) is 5.37. The van der Waals surface area contributed by atoms with E-state index in [1.165, 1.54) is 20.2 Å². The summed E-state index contributed by atoms with van der Waals surface area (Å²) < 4.78 is 4.71. The summed E-state index contributed by atoms with van der Waals surface area (Å²) in [5.41, 5.74) is 1.11. The minimum absolute atomic E-state index is 0.191. The van der Waals surface area contributed by atoms with Gasteiger partial charge in [0.2, 0.25) is 0 Å². The molecule has 2 aromatic rings. The van der Waals surface area contributed by atoms with Crippen LogP contribution in [0.15, 0.2) is 30.3 Å². The van der Waals surface area contributed by atoms with Gasteiger partial charge in [-0.05, 0) is 12.1 Å². The molecule has 0 saturated carbocycles. The van der Waals surface area contributed by atoms with Crippen LogP contribution in [-0.4, -0.2) is 31.0 Å². The average Bonchev–Trinajstić information content (AvgIpc) is 2.44. The van der Waals surface area contributed by atoms with Gasteiger partial charge in [-0.15, -0.1) is 0 Å². The highest BCUT2D eigenvalue weighted by Gasteiger charge is 2.15. The fourth-order valence-electron chi connectivity index (χ4n) is 1.70. The maximum atomic E-state index is 11.7. The number of nitrogens with one attached hydrogen (secondary N) is 1. The van der Waals surface area contributed by atoms with E-state index in [-0.39, 0.29) is 11.6 Å². The molecule has 5 nitrogen and oxygen atoms in total. The van der Waals surface area contributed by atoms with E-state index in [4.69, 9.17) is 4.74 Å². The van der Waals surface area contributed by atoms with Gasteiger partial charge < -0.3 is 10.1 Å². The first-order chi connectivity index (χ1) is 8.67. The molecule has 0 fully saturated rings. The number of hydrogen-bond donors (Lipinski definition) is 1. The molecule has 0 aliphatic heterocycles. The standard InChI is InChI=1S/C13H12N2O3/c1-14-12(16)11-7-9(13(17)18-2)8-5-3-4-6-10(8)15-11/h3-7H,1-2H3,(H,14,16). The van der Waals surface area contributed by atoms with E-state index >= 15 is 0 Å². The number of carbonyl (C=O) groups is 2. The van der Waals surface area contributed by atoms with Crippen LogP contribution in [0.4, 0.5) is 0 Å². The van der Waals surface area contributed by atoms with Crippen molar-refractivity contribution in [3.63, 3.8) is 0 Å². The van der Waals surface area contributed by atoms with Crippen LogP contribution in [0.25, 0.3) is 10.9 Å². The second-order valence-electron chi connectivity index (χ2n) is 3.64. The quantitative estimate of drug-likeness (QED) is 0.810. The summed E-state index contributed by atoms with van der Waals surface area (Å²) in [5.74, 6) is -0.829. The highest BCUT2D eigenvalue weighted by atomic mass is 16.5. The van der Waals surface area contributed by atoms with Crippen molar-refractivity contribution in [1.82, 2.24) is 10.3 Å². The number of hydrogen-bond acceptors (Lipinski definition) is 4. The molecule has 0 atom stereocenters. The lowest BCUT2D eigenvalue weighted by Crippen LogP contribution is -2.20. The lowest BCUT2D eigenvalue weighted by atomic mass is 10.1. The van der Waals surface area contributed by atoms with Crippen molar-refractivity contribution in [1.29, 1.82) is 0 Å². The number of rotatable bonds is 2. The van der Waals surface area contributed by atoms with Gasteiger partial charge in [-0.25, -0.2) is 9.78 Å². The zero-order valence-corrected chi connectivity index (χ0v) is 10.1. The van der Waals surface area contributed by atoms with Crippen molar-refractivity contribution in [2.24, 2.45) is 0 Å². The average molecular weight is 244 g/mol. The van der Waals surface area contributed by atoms with Crippen molar-refractivity contribution in [2.75, 3.05) is 14.2 Å². The third-order valence-corrected chi connectivity index (χ3v) is 2.58. The Hall–Kier alpha value is -2.43. The number of amides is 1. The highest BCUT2D eigenvalue weighted by Crippen LogP contribution is 2.19. The molecule has 1 N–H and O–H groups in total. The molecular formula is C13H12N2O3. The maximum absolute atomic E-state index is 11.7. The second kappa shape index (κ2) is 4.83. The van der Waals surface area contributed by atoms with Crippen molar-refractivity contribution in [2.45, 2.75) is 0 Å². The van der Waals surface area contributed by atoms with Crippen LogP contribution in [-0.2, 0) is 4.74 Å². The van der Waals surface area contributed by atoms with Crippen molar-refractivity contribution >= 4 is 22.8 Å². The van der Waals surface area contributed by atoms with E-state index in [2.05, 4.69) is 10.3 Å². The number of benzene rings is 1. The number of fused-ring (bicyclic) bond motifs is 1. The largest absolute Gasteiger partial charge is 0.465 e. The van der Waals surface area contributed by atoms with Gasteiger partial charge >= 0.3 is 5.97 Å². The molecule has 5 heteroatoms. The summed E-state index contributed by atoms with van der Waals surface area (Å²) in [5, 5.41) is 3.14. The Morgan fingerprint density at radius 1 is 1.28 bits per heavy atom. The van der Waals surface area contributed by atoms with Gasteiger partial charge in [-0.3, -0.25) is 4.79 Å². The lowest BCUT2D eigenvalue weighted by molar-refractivity contribution is 0.0603. The molecule has 0 aliphatic carbocycles. The summed E-state index contributed by atoms with van der Waals surface area (Å²) in [6, 6.07) is 8.55. The summed E-state index contributed by atoms with van der Waals surface area (Å²) >= 11 is 0. The normalized spacial score (nSPS) is 10.1. The number of methoxy groups -OCH3 is 1. The van der Waals surface area contributed by atoms with Gasteiger partial charge in [-0.1, -0.05) is 18.2 Å². The zero-order valence-electron chi connectivity index (χ0n) is 10.1. The molecule has 1 heterocycles. The van der Waals surface area contributed by atoms with Crippen molar-refractivity contribution in [3.8, 4) is 0 Å². The molecule has 0 aliphatic rings. The van der Waals surface area contributed by atoms with Gasteiger partial charge in [-0.2, -0.15) is 0 Å². The van der Waals surface area contributed by atoms with Crippen molar-refractivity contribution < 1.29 is 14.3 Å². The van der Waals surface area contributed by atoms with Crippen LogP contribution in [0.5, 0.6) is 0 Å². The third kappa shape index (κ3) is 2.02. The topological polar surface area (TPSA) is 68.3 Å². The Balaban J connectivity index is 2.72. The molecule has 1 amide bonds. The van der Waals surface area contributed by atoms with Crippen LogP contribution in [0.3, 0.4) is 0 Å². The van der Waals surface area contributed by atoms with E-state index in [9.17, 15) is 9.59 Å². The molecule has 2 rings (SSSR count). The second-order valence-corrected chi connectivity index (χ2v) is 3.64. The Bertz CT molecular complexity index is 623. The fraction of sp³-hybridized carbons (Fsp3) is 0.154. The highest BCUT2D eigenvalue weighted by molar-refractivity contribution is 6.06. The Labute approximate surface area is 104 Å². The number of aromatic nitrogens is 1. The summed E-state index contributed by atoms with van der Waals surface area (Å²) in [6.45, 7) is 0. The number of nitrogens with zero attached hydrogens (tertiary/aromatic N) is 1. The molecule has 0 unspecified atom stereocenters. The van der Waals surface area contributed by atoms with Crippen molar-refractivity contribution in [3.05, 3.63) is 41.6 Å². The Morgan fingerprint density at radius 2 is 2.00 bits per heavy atom. The number of carbonyl (C=O) groups excluding carboxylic acids is 2. The van der Waals surface area contributed by atoms with Crippen LogP contribution >= 0.6 is 0 Å². The molecule has 0 saturated heterocycles. The van der Waals surface area contributed by atoms with E-state index in [0.29, 0.717) is 16.5 Å². The molecule has 0 spiro atoms. The first-order valence-electron chi connectivity index (χ1n) is 5.37. The van der Waals surface area contributed by atoms with Crippen LogP contribution < -0.4 is 5.32 Å². The van der Waals surface area contributed by atoms with Crippen LogP contribution in [0.1, 0.15) is 20.8 Å². The number of para-hydroxylation sites is 1. The third-order valence-electron chi connectivity index (χ3n) is 2.58. The van der Waals surface area contributed by atoms with Gasteiger partial charge in [0.15, 0.2) is 0 Å². The summed E-state index contributed by atoms with van der Waals surface area (Å²) in [7, 11) is 2.81. The molecule has 1 aromatic carbocycles. The molecule has 18 heavy (non-hydrogen) atoms. The number of ether oxygens (including phenoxy) is 1. The predicted octanol–water partition coefficient (Wildman–Crippen LogP) is 1.38. The molecule has 1 aromatic heterocycles. The minimum Gasteiger partial charge on any atom is -0.465 e. The monoisotopic (exact) mass is 244 g/mol.